The van der Waals surface area contributed by atoms with Gasteiger partial charge in [0.15, 0.2) is 0 Å². The van der Waals surface area contributed by atoms with Gasteiger partial charge in [0.2, 0.25) is 0 Å². The molecule has 1 aliphatic rings. The maximum absolute atomic E-state index is 3.67. The molecule has 0 atom stereocenters. The number of rotatable bonds is 0. The molecule has 0 aromatic carbocycles. The van der Waals surface area contributed by atoms with Crippen molar-refractivity contribution in [1.82, 2.24) is 0 Å². The molecule has 1 rings (SSSR count). The second kappa shape index (κ2) is 2.10. The SMILES string of the molecule is C=C1CC1.[Y]. The monoisotopic (exact) mass is 143 g/mol. The zero-order valence-electron chi connectivity index (χ0n) is 3.20. The first-order valence-corrected chi connectivity index (χ1v) is 1.56. The van der Waals surface area contributed by atoms with E-state index in [4.69, 9.17) is 0 Å². The molecule has 0 aromatic heterocycles. The maximum Gasteiger partial charge on any atom is 0 e. The van der Waals surface area contributed by atoms with E-state index in [0.29, 0.717) is 0 Å². The fourth-order valence-electron chi connectivity index (χ4n) is 0.0884. The van der Waals surface area contributed by atoms with Gasteiger partial charge < -0.3 is 0 Å². The first-order chi connectivity index (χ1) is 1.89. The second-order valence-corrected chi connectivity index (χ2v) is 1.25. The van der Waals surface area contributed by atoms with Crippen LogP contribution in [0.4, 0.5) is 0 Å². The third-order valence-corrected chi connectivity index (χ3v) is 0.604. The van der Waals surface area contributed by atoms with Crippen LogP contribution < -0.4 is 0 Å². The van der Waals surface area contributed by atoms with Crippen molar-refractivity contribution in [2.45, 2.75) is 12.8 Å². The minimum absolute atomic E-state index is 0. The molecular formula is C4H6Y. The molecule has 1 aliphatic carbocycles. The molecule has 0 aromatic rings. The molecule has 1 heteroatoms. The number of hydrogen-bond acceptors (Lipinski definition) is 0. The van der Waals surface area contributed by atoms with Crippen LogP contribution in [-0.2, 0) is 32.7 Å². The third-order valence-electron chi connectivity index (χ3n) is 0.604. The summed E-state index contributed by atoms with van der Waals surface area (Å²) in [4.78, 5) is 0. The summed E-state index contributed by atoms with van der Waals surface area (Å²) in [7, 11) is 0. The quantitative estimate of drug-likeness (QED) is 0.449. The van der Waals surface area contributed by atoms with Crippen LogP contribution in [0.25, 0.3) is 0 Å². The molecule has 0 saturated heterocycles. The Balaban J connectivity index is 0.000000160. The van der Waals surface area contributed by atoms with Gasteiger partial charge in [-0.1, -0.05) is 12.2 Å². The molecule has 25 valence electrons. The number of hydrogen-bond donors (Lipinski definition) is 0. The third kappa shape index (κ3) is 2.65. The molecule has 0 unspecified atom stereocenters. The van der Waals surface area contributed by atoms with E-state index in [9.17, 15) is 0 Å². The van der Waals surface area contributed by atoms with Crippen LogP contribution in [0.3, 0.4) is 0 Å². The van der Waals surface area contributed by atoms with Gasteiger partial charge in [-0.2, -0.15) is 0 Å². The summed E-state index contributed by atoms with van der Waals surface area (Å²) in [6, 6.07) is 0. The number of allylic oxidation sites excluding steroid dienone is 1. The molecule has 0 nitrogen and oxygen atoms in total. The van der Waals surface area contributed by atoms with Gasteiger partial charge in [0.25, 0.3) is 0 Å². The zero-order valence-corrected chi connectivity index (χ0v) is 6.04. The molecule has 0 bridgehead atoms. The summed E-state index contributed by atoms with van der Waals surface area (Å²) in [5.41, 5.74) is 1.42. The molecule has 0 N–H and O–H groups in total. The second-order valence-electron chi connectivity index (χ2n) is 1.25. The topological polar surface area (TPSA) is 0 Å². The molecule has 0 amide bonds. The standard InChI is InChI=1S/C4H6.Y/c1-4-2-3-4;/h1-3H2;. The average Bonchev–Trinajstić information content (AvgIpc) is 1.75. The average molecular weight is 143 g/mol. The van der Waals surface area contributed by atoms with Crippen LogP contribution in [0.5, 0.6) is 0 Å². The fourth-order valence-corrected chi connectivity index (χ4v) is 0.0884. The molecule has 0 aliphatic heterocycles. The van der Waals surface area contributed by atoms with Crippen LogP contribution in [-0.4, -0.2) is 0 Å². The summed E-state index contributed by atoms with van der Waals surface area (Å²) in [5, 5.41) is 0. The Morgan fingerprint density at radius 2 is 1.60 bits per heavy atom. The van der Waals surface area contributed by atoms with Gasteiger partial charge >= 0.3 is 0 Å². The summed E-state index contributed by atoms with van der Waals surface area (Å²) < 4.78 is 0. The molecule has 1 radical (unpaired) electrons. The van der Waals surface area contributed by atoms with Crippen molar-refractivity contribution < 1.29 is 32.7 Å². The fraction of sp³-hybridized carbons (Fsp3) is 0.500. The summed E-state index contributed by atoms with van der Waals surface area (Å²) >= 11 is 0. The largest absolute Gasteiger partial charge is 0.0998 e. The van der Waals surface area contributed by atoms with E-state index >= 15 is 0 Å². The molecule has 0 spiro atoms. The van der Waals surface area contributed by atoms with Gasteiger partial charge in [0.05, 0.1) is 0 Å². The van der Waals surface area contributed by atoms with Crippen molar-refractivity contribution in [3.8, 4) is 0 Å². The van der Waals surface area contributed by atoms with E-state index in [2.05, 4.69) is 6.58 Å². The summed E-state index contributed by atoms with van der Waals surface area (Å²) in [5.74, 6) is 0. The van der Waals surface area contributed by atoms with Crippen LogP contribution in [0, 0.1) is 0 Å². The predicted octanol–water partition coefficient (Wildman–Crippen LogP) is 1.33. The Bertz CT molecular complexity index is 41.6. The van der Waals surface area contributed by atoms with E-state index in [1.807, 2.05) is 0 Å². The van der Waals surface area contributed by atoms with E-state index in [1.54, 1.807) is 0 Å². The van der Waals surface area contributed by atoms with Crippen molar-refractivity contribution in [2.24, 2.45) is 0 Å². The van der Waals surface area contributed by atoms with Crippen LogP contribution >= 0.6 is 0 Å². The Kier molecular flexibility index (Phi) is 2.45. The Morgan fingerprint density at radius 3 is 1.60 bits per heavy atom. The van der Waals surface area contributed by atoms with E-state index < -0.39 is 0 Å². The van der Waals surface area contributed by atoms with Gasteiger partial charge in [-0.15, -0.1) is 0 Å². The van der Waals surface area contributed by atoms with Gasteiger partial charge in [0, 0.05) is 32.7 Å². The van der Waals surface area contributed by atoms with E-state index in [-0.39, 0.29) is 32.7 Å². The van der Waals surface area contributed by atoms with Crippen molar-refractivity contribution in [1.29, 1.82) is 0 Å². The van der Waals surface area contributed by atoms with Crippen LogP contribution in [0.2, 0.25) is 0 Å². The molecule has 1 fully saturated rings. The maximum atomic E-state index is 3.67. The first kappa shape index (κ1) is 5.84. The molecule has 0 heterocycles. The van der Waals surface area contributed by atoms with Gasteiger partial charge in [0.1, 0.15) is 0 Å². The molecular weight excluding hydrogens is 137 g/mol. The van der Waals surface area contributed by atoms with Crippen LogP contribution in [0.1, 0.15) is 12.8 Å². The van der Waals surface area contributed by atoms with Crippen molar-refractivity contribution in [3.63, 3.8) is 0 Å². The Labute approximate surface area is 57.5 Å². The first-order valence-electron chi connectivity index (χ1n) is 1.56. The smallest absolute Gasteiger partial charge is 0 e. The van der Waals surface area contributed by atoms with Crippen molar-refractivity contribution in [3.05, 3.63) is 12.2 Å². The van der Waals surface area contributed by atoms with E-state index in [0.717, 1.165) is 0 Å². The van der Waals surface area contributed by atoms with Gasteiger partial charge in [-0.3, -0.25) is 0 Å². The van der Waals surface area contributed by atoms with Crippen molar-refractivity contribution >= 4 is 0 Å². The molecule has 5 heavy (non-hydrogen) atoms. The summed E-state index contributed by atoms with van der Waals surface area (Å²) in [6.07, 6.45) is 2.58. The Hall–Kier alpha value is 0.844. The van der Waals surface area contributed by atoms with Gasteiger partial charge in [-0.25, -0.2) is 0 Å². The Morgan fingerprint density at radius 1 is 1.40 bits per heavy atom. The van der Waals surface area contributed by atoms with E-state index in [1.165, 1.54) is 18.4 Å². The molecule has 1 saturated carbocycles. The van der Waals surface area contributed by atoms with Gasteiger partial charge in [-0.05, 0) is 12.8 Å². The minimum atomic E-state index is 0. The normalized spacial score (nSPS) is 17.2. The zero-order chi connectivity index (χ0) is 2.99. The minimum Gasteiger partial charge on any atom is -0.0998 e. The van der Waals surface area contributed by atoms with Crippen molar-refractivity contribution in [2.75, 3.05) is 0 Å². The van der Waals surface area contributed by atoms with Crippen LogP contribution in [0.15, 0.2) is 12.2 Å². The summed E-state index contributed by atoms with van der Waals surface area (Å²) in [6.45, 7) is 3.67. The predicted molar refractivity (Wildman–Crippen MR) is 18.4 cm³/mol.